The Morgan fingerprint density at radius 1 is 1.25 bits per heavy atom. The number of carbonyl (C=O) groups is 2. The van der Waals surface area contributed by atoms with E-state index in [4.69, 9.17) is 10.5 Å². The van der Waals surface area contributed by atoms with Crippen molar-refractivity contribution in [3.05, 3.63) is 35.7 Å². The average molecular weight is 386 g/mol. The molecule has 0 radical (unpaired) electrons. The summed E-state index contributed by atoms with van der Waals surface area (Å²) in [6, 6.07) is 7.08. The number of benzene rings is 1. The summed E-state index contributed by atoms with van der Waals surface area (Å²) >= 11 is 0. The number of nitrogens with zero attached hydrogens (tertiary/aromatic N) is 4. The van der Waals surface area contributed by atoms with Crippen LogP contribution in [0.3, 0.4) is 0 Å². The summed E-state index contributed by atoms with van der Waals surface area (Å²) in [4.78, 5) is 30.1. The molecule has 1 fully saturated rings. The molecule has 0 bridgehead atoms. The molecule has 3 N–H and O–H groups in total. The van der Waals surface area contributed by atoms with Crippen molar-refractivity contribution in [3.8, 4) is 0 Å². The van der Waals surface area contributed by atoms with Gasteiger partial charge in [-0.15, -0.1) is 9.78 Å². The van der Waals surface area contributed by atoms with E-state index in [2.05, 4.69) is 15.4 Å². The fourth-order valence-corrected chi connectivity index (χ4v) is 3.12. The quantitative estimate of drug-likeness (QED) is 0.820. The lowest BCUT2D eigenvalue weighted by Gasteiger charge is -2.24. The highest BCUT2D eigenvalue weighted by Gasteiger charge is 2.30. The number of hydrogen-bond donors (Lipinski definition) is 2. The van der Waals surface area contributed by atoms with Crippen LogP contribution in [-0.4, -0.2) is 50.5 Å². The van der Waals surface area contributed by atoms with Crippen LogP contribution in [0.25, 0.3) is 0 Å². The van der Waals surface area contributed by atoms with Crippen molar-refractivity contribution in [3.63, 3.8) is 0 Å². The maximum Gasteiger partial charge on any atom is 0.410 e. The lowest BCUT2D eigenvalue weighted by Crippen LogP contribution is -2.35. The largest absolute Gasteiger partial charge is 0.444 e. The summed E-state index contributed by atoms with van der Waals surface area (Å²) in [7, 11) is 0. The number of nitrogens with one attached hydrogen (secondary N) is 1. The van der Waals surface area contributed by atoms with E-state index in [1.54, 1.807) is 11.8 Å². The molecule has 2 aromatic rings. The number of nitrogens with two attached hydrogens (primary N) is 1. The molecule has 1 saturated heterocycles. The number of anilines is 2. The molecule has 1 aliphatic rings. The number of aryl methyl sites for hydroxylation is 1. The Bertz CT molecular complexity index is 869. The molecule has 150 valence electrons. The second kappa shape index (κ2) is 7.49. The molecule has 1 aliphatic heterocycles. The molecule has 1 aromatic carbocycles. The summed E-state index contributed by atoms with van der Waals surface area (Å²) in [5.74, 6) is 0.712. The molecule has 9 nitrogen and oxygen atoms in total. The third kappa shape index (κ3) is 4.59. The fraction of sp³-hybridized carbons (Fsp3) is 0.474. The summed E-state index contributed by atoms with van der Waals surface area (Å²) in [5, 5.41) is 6.70. The normalized spacial score (nSPS) is 16.9. The Morgan fingerprint density at radius 2 is 1.93 bits per heavy atom. The number of rotatable bonds is 2. The predicted molar refractivity (Wildman–Crippen MR) is 105 cm³/mol. The van der Waals surface area contributed by atoms with Gasteiger partial charge < -0.3 is 20.7 Å². The number of aromatic nitrogens is 3. The van der Waals surface area contributed by atoms with Gasteiger partial charge in [-0.1, -0.05) is 12.1 Å². The highest BCUT2D eigenvalue weighted by atomic mass is 16.6. The van der Waals surface area contributed by atoms with E-state index in [9.17, 15) is 9.59 Å². The van der Waals surface area contributed by atoms with Gasteiger partial charge in [-0.3, -0.25) is 0 Å². The van der Waals surface area contributed by atoms with E-state index in [0.29, 0.717) is 24.6 Å². The molecule has 3 rings (SSSR count). The van der Waals surface area contributed by atoms with Crippen molar-refractivity contribution in [1.82, 2.24) is 19.7 Å². The summed E-state index contributed by atoms with van der Waals surface area (Å²) in [6.07, 6.45) is 0.597. The Labute approximate surface area is 163 Å². The first-order valence-corrected chi connectivity index (χ1v) is 9.21. The number of hydrogen-bond acceptors (Lipinski definition) is 6. The maximum absolute atomic E-state index is 12.2. The Kier molecular flexibility index (Phi) is 5.26. The zero-order chi connectivity index (χ0) is 20.5. The van der Waals surface area contributed by atoms with Crippen LogP contribution in [0.1, 0.15) is 44.5 Å². The minimum absolute atomic E-state index is 0.0415. The average Bonchev–Trinajstić information content (AvgIpc) is 3.21. The van der Waals surface area contributed by atoms with Crippen molar-refractivity contribution in [2.24, 2.45) is 0 Å². The van der Waals surface area contributed by atoms with Gasteiger partial charge in [-0.25, -0.2) is 9.59 Å². The van der Waals surface area contributed by atoms with E-state index in [-0.39, 0.29) is 18.0 Å². The molecule has 0 aliphatic carbocycles. The second-order valence-corrected chi connectivity index (χ2v) is 7.89. The van der Waals surface area contributed by atoms with Crippen molar-refractivity contribution in [1.29, 1.82) is 0 Å². The summed E-state index contributed by atoms with van der Waals surface area (Å²) in [6.45, 7) is 8.54. The van der Waals surface area contributed by atoms with Crippen molar-refractivity contribution in [2.45, 2.75) is 45.6 Å². The number of ether oxygens (including phenoxy) is 1. The topological polar surface area (TPSA) is 115 Å². The Morgan fingerprint density at radius 3 is 2.50 bits per heavy atom. The van der Waals surface area contributed by atoms with Crippen LogP contribution in [0.2, 0.25) is 0 Å². The lowest BCUT2D eigenvalue weighted by molar-refractivity contribution is 0.0292. The van der Waals surface area contributed by atoms with Gasteiger partial charge in [0.2, 0.25) is 5.95 Å². The van der Waals surface area contributed by atoms with Crippen molar-refractivity contribution >= 4 is 23.8 Å². The van der Waals surface area contributed by atoms with Crippen LogP contribution in [-0.2, 0) is 4.74 Å². The van der Waals surface area contributed by atoms with Gasteiger partial charge in [0.15, 0.2) is 0 Å². The van der Waals surface area contributed by atoms with Crippen LogP contribution in [0.4, 0.5) is 21.2 Å². The predicted octanol–water partition coefficient (Wildman–Crippen LogP) is 2.97. The molecule has 28 heavy (non-hydrogen) atoms. The molecule has 9 heteroatoms. The fourth-order valence-electron chi connectivity index (χ4n) is 3.12. The SMILES string of the molecule is Cc1nc(N)n(C(=O)Nc2ccc(C3CCN(C(=O)OC(C)(C)C)C3)cc2)n1. The van der Waals surface area contributed by atoms with Crippen molar-refractivity contribution < 1.29 is 14.3 Å². The van der Waals surface area contributed by atoms with Crippen LogP contribution in [0, 0.1) is 6.92 Å². The third-order valence-electron chi connectivity index (χ3n) is 4.40. The minimum Gasteiger partial charge on any atom is -0.444 e. The lowest BCUT2D eigenvalue weighted by atomic mass is 9.98. The Balaban J connectivity index is 1.60. The van der Waals surface area contributed by atoms with Gasteiger partial charge in [-0.2, -0.15) is 4.98 Å². The zero-order valence-electron chi connectivity index (χ0n) is 16.6. The molecule has 2 heterocycles. The van der Waals surface area contributed by atoms with Gasteiger partial charge in [-0.05, 0) is 51.8 Å². The van der Waals surface area contributed by atoms with Crippen molar-refractivity contribution in [2.75, 3.05) is 24.1 Å². The van der Waals surface area contributed by atoms with E-state index in [1.807, 2.05) is 45.0 Å². The molecule has 2 amide bonds. The van der Waals surface area contributed by atoms with E-state index < -0.39 is 11.6 Å². The molecule has 1 aromatic heterocycles. The molecule has 1 unspecified atom stereocenters. The second-order valence-electron chi connectivity index (χ2n) is 7.89. The van der Waals surface area contributed by atoms with Gasteiger partial charge in [0.1, 0.15) is 11.4 Å². The standard InChI is InChI=1S/C19H26N6O3/c1-12-21-16(20)25(23-12)17(26)22-15-7-5-13(6-8-15)14-9-10-24(11-14)18(27)28-19(2,3)4/h5-8,14H,9-11H2,1-4H3,(H,22,26)(H2,20,21,23). The zero-order valence-corrected chi connectivity index (χ0v) is 16.6. The summed E-state index contributed by atoms with van der Waals surface area (Å²) in [5.41, 5.74) is 6.90. The third-order valence-corrected chi connectivity index (χ3v) is 4.40. The number of carbonyl (C=O) groups excluding carboxylic acids is 2. The smallest absolute Gasteiger partial charge is 0.410 e. The first kappa shape index (κ1) is 19.7. The molecule has 0 spiro atoms. The minimum atomic E-state index is -0.499. The Hall–Kier alpha value is -3.10. The van der Waals surface area contributed by atoms with Gasteiger partial charge in [0, 0.05) is 24.7 Å². The first-order valence-electron chi connectivity index (χ1n) is 9.21. The maximum atomic E-state index is 12.2. The van der Waals surface area contributed by atoms with Gasteiger partial charge >= 0.3 is 12.1 Å². The molecular formula is C19H26N6O3. The van der Waals surface area contributed by atoms with E-state index in [1.165, 1.54) is 0 Å². The molecular weight excluding hydrogens is 360 g/mol. The first-order chi connectivity index (χ1) is 13.1. The van der Waals surface area contributed by atoms with Crippen LogP contribution in [0.15, 0.2) is 24.3 Å². The highest BCUT2D eigenvalue weighted by Crippen LogP contribution is 2.29. The summed E-state index contributed by atoms with van der Waals surface area (Å²) < 4.78 is 6.46. The number of nitrogen functional groups attached to an aromatic ring is 1. The number of amides is 2. The van der Waals surface area contributed by atoms with Crippen LogP contribution >= 0.6 is 0 Å². The molecule has 0 saturated carbocycles. The number of likely N-dealkylation sites (tertiary alicyclic amines) is 1. The monoisotopic (exact) mass is 386 g/mol. The van der Waals surface area contributed by atoms with Gasteiger partial charge in [0.25, 0.3) is 0 Å². The highest BCUT2D eigenvalue weighted by molar-refractivity contribution is 5.91. The van der Waals surface area contributed by atoms with Crippen LogP contribution < -0.4 is 11.1 Å². The van der Waals surface area contributed by atoms with Gasteiger partial charge in [0.05, 0.1) is 0 Å². The van der Waals surface area contributed by atoms with Crippen LogP contribution in [0.5, 0.6) is 0 Å². The molecule has 1 atom stereocenters. The van der Waals surface area contributed by atoms with E-state index in [0.717, 1.165) is 16.7 Å². The van der Waals surface area contributed by atoms with E-state index >= 15 is 0 Å².